The SMILES string of the molecule is CCOC(=O)[C@H](Cc1ccc(OC)c(OC)c1)NC=O. The molecule has 1 amide bonds. The highest BCUT2D eigenvalue weighted by atomic mass is 16.5. The van der Waals surface area contributed by atoms with Gasteiger partial charge in [-0.3, -0.25) is 4.79 Å². The largest absolute Gasteiger partial charge is 0.493 e. The van der Waals surface area contributed by atoms with E-state index >= 15 is 0 Å². The molecule has 1 N–H and O–H groups in total. The predicted molar refractivity (Wildman–Crippen MR) is 72.9 cm³/mol. The summed E-state index contributed by atoms with van der Waals surface area (Å²) in [6.07, 6.45) is 0.806. The second kappa shape index (κ2) is 8.04. The molecule has 0 heterocycles. The van der Waals surface area contributed by atoms with Gasteiger partial charge in [-0.2, -0.15) is 0 Å². The molecule has 0 aliphatic carbocycles. The molecular weight excluding hydrogens is 262 g/mol. The van der Waals surface area contributed by atoms with Gasteiger partial charge >= 0.3 is 5.97 Å². The Morgan fingerprint density at radius 2 is 2.00 bits per heavy atom. The van der Waals surface area contributed by atoms with Crippen molar-refractivity contribution in [3.63, 3.8) is 0 Å². The number of rotatable bonds is 8. The van der Waals surface area contributed by atoms with Crippen LogP contribution < -0.4 is 14.8 Å². The third-order valence-corrected chi connectivity index (χ3v) is 2.73. The molecule has 0 aliphatic heterocycles. The Morgan fingerprint density at radius 1 is 1.30 bits per heavy atom. The van der Waals surface area contributed by atoms with E-state index in [0.29, 0.717) is 24.3 Å². The molecule has 1 atom stereocenters. The van der Waals surface area contributed by atoms with Gasteiger partial charge < -0.3 is 19.5 Å². The Bertz CT molecular complexity index is 461. The molecule has 1 aromatic rings. The van der Waals surface area contributed by atoms with Crippen molar-refractivity contribution in [1.82, 2.24) is 5.32 Å². The first-order valence-electron chi connectivity index (χ1n) is 6.23. The van der Waals surface area contributed by atoms with Crippen LogP contribution in [0.5, 0.6) is 11.5 Å². The Kier molecular flexibility index (Phi) is 6.36. The monoisotopic (exact) mass is 281 g/mol. The van der Waals surface area contributed by atoms with E-state index in [0.717, 1.165) is 5.56 Å². The van der Waals surface area contributed by atoms with Crippen LogP contribution in [0, 0.1) is 0 Å². The standard InChI is InChI=1S/C14H19NO5/c1-4-20-14(17)11(15-9-16)7-10-5-6-12(18-2)13(8-10)19-3/h5-6,8-9,11H,4,7H2,1-3H3,(H,15,16)/t11-/m0/s1. The maximum atomic E-state index is 11.7. The molecule has 1 aromatic carbocycles. The van der Waals surface area contributed by atoms with Crippen molar-refractivity contribution in [3.8, 4) is 11.5 Å². The number of hydrogen-bond acceptors (Lipinski definition) is 5. The first-order chi connectivity index (χ1) is 9.65. The van der Waals surface area contributed by atoms with E-state index in [1.54, 1.807) is 32.2 Å². The lowest BCUT2D eigenvalue weighted by Crippen LogP contribution is -2.39. The van der Waals surface area contributed by atoms with Crippen LogP contribution in [0.15, 0.2) is 18.2 Å². The number of amides is 1. The second-order valence-electron chi connectivity index (χ2n) is 3.98. The molecule has 0 aromatic heterocycles. The van der Waals surface area contributed by atoms with Crippen LogP contribution in [0.25, 0.3) is 0 Å². The van der Waals surface area contributed by atoms with Crippen LogP contribution in [-0.4, -0.2) is 39.2 Å². The highest BCUT2D eigenvalue weighted by Gasteiger charge is 2.20. The van der Waals surface area contributed by atoms with Gasteiger partial charge in [-0.1, -0.05) is 6.07 Å². The number of methoxy groups -OCH3 is 2. The van der Waals surface area contributed by atoms with Gasteiger partial charge in [-0.25, -0.2) is 4.79 Å². The smallest absolute Gasteiger partial charge is 0.328 e. The predicted octanol–water partition coefficient (Wildman–Crippen LogP) is 0.924. The summed E-state index contributed by atoms with van der Waals surface area (Å²) < 4.78 is 15.3. The van der Waals surface area contributed by atoms with E-state index in [-0.39, 0.29) is 6.61 Å². The average Bonchev–Trinajstić information content (AvgIpc) is 2.46. The first kappa shape index (κ1) is 15.8. The van der Waals surface area contributed by atoms with Crippen LogP contribution in [0.1, 0.15) is 12.5 Å². The molecule has 0 radical (unpaired) electrons. The van der Waals surface area contributed by atoms with E-state index in [1.165, 1.54) is 7.11 Å². The fraction of sp³-hybridized carbons (Fsp3) is 0.429. The summed E-state index contributed by atoms with van der Waals surface area (Å²) in [6, 6.07) is 4.60. The molecule has 6 nitrogen and oxygen atoms in total. The van der Waals surface area contributed by atoms with Gasteiger partial charge in [0.25, 0.3) is 0 Å². The van der Waals surface area contributed by atoms with Gasteiger partial charge in [-0.05, 0) is 24.6 Å². The van der Waals surface area contributed by atoms with Crippen molar-refractivity contribution < 1.29 is 23.8 Å². The normalized spacial score (nSPS) is 11.3. The van der Waals surface area contributed by atoms with Crippen LogP contribution >= 0.6 is 0 Å². The summed E-state index contributed by atoms with van der Waals surface area (Å²) >= 11 is 0. The molecular formula is C14H19NO5. The van der Waals surface area contributed by atoms with Crippen molar-refractivity contribution in [3.05, 3.63) is 23.8 Å². The molecule has 1 rings (SSSR count). The number of carbonyl (C=O) groups excluding carboxylic acids is 2. The summed E-state index contributed by atoms with van der Waals surface area (Å²) in [5.41, 5.74) is 0.829. The molecule has 110 valence electrons. The first-order valence-corrected chi connectivity index (χ1v) is 6.23. The van der Waals surface area contributed by atoms with Crippen LogP contribution in [0.3, 0.4) is 0 Å². The Morgan fingerprint density at radius 3 is 2.55 bits per heavy atom. The summed E-state index contributed by atoms with van der Waals surface area (Å²) in [7, 11) is 3.08. The molecule has 0 saturated carbocycles. The maximum absolute atomic E-state index is 11.7. The van der Waals surface area contributed by atoms with Gasteiger partial charge in [0, 0.05) is 6.42 Å². The van der Waals surface area contributed by atoms with Crippen molar-refractivity contribution in [2.75, 3.05) is 20.8 Å². The van der Waals surface area contributed by atoms with E-state index in [1.807, 2.05) is 0 Å². The second-order valence-corrected chi connectivity index (χ2v) is 3.98. The lowest BCUT2D eigenvalue weighted by Gasteiger charge is -2.15. The Balaban J connectivity index is 2.87. The quantitative estimate of drug-likeness (QED) is 0.566. The highest BCUT2D eigenvalue weighted by Crippen LogP contribution is 2.28. The van der Waals surface area contributed by atoms with Crippen molar-refractivity contribution in [2.24, 2.45) is 0 Å². The summed E-state index contributed by atoms with van der Waals surface area (Å²) in [5, 5.41) is 2.45. The van der Waals surface area contributed by atoms with Crippen LogP contribution in [0.4, 0.5) is 0 Å². The van der Waals surface area contributed by atoms with Gasteiger partial charge in [0.2, 0.25) is 6.41 Å². The van der Waals surface area contributed by atoms with E-state index in [9.17, 15) is 9.59 Å². The van der Waals surface area contributed by atoms with E-state index in [2.05, 4.69) is 5.32 Å². The topological polar surface area (TPSA) is 73.9 Å². The average molecular weight is 281 g/mol. The molecule has 0 saturated heterocycles. The Labute approximate surface area is 118 Å². The minimum atomic E-state index is -0.717. The molecule has 0 fully saturated rings. The highest BCUT2D eigenvalue weighted by molar-refractivity contribution is 5.78. The lowest BCUT2D eigenvalue weighted by molar-refractivity contribution is -0.146. The fourth-order valence-corrected chi connectivity index (χ4v) is 1.78. The lowest BCUT2D eigenvalue weighted by atomic mass is 10.1. The van der Waals surface area contributed by atoms with Crippen LogP contribution in [-0.2, 0) is 20.7 Å². The van der Waals surface area contributed by atoms with Crippen molar-refractivity contribution >= 4 is 12.4 Å². The summed E-state index contributed by atoms with van der Waals surface area (Å²) in [5.74, 6) is 0.709. The maximum Gasteiger partial charge on any atom is 0.328 e. The van der Waals surface area contributed by atoms with Gasteiger partial charge in [-0.15, -0.1) is 0 Å². The molecule has 0 spiro atoms. The molecule has 6 heteroatoms. The number of nitrogens with one attached hydrogen (secondary N) is 1. The van der Waals surface area contributed by atoms with E-state index in [4.69, 9.17) is 14.2 Å². The number of esters is 1. The molecule has 0 aliphatic rings. The molecule has 20 heavy (non-hydrogen) atoms. The third kappa shape index (κ3) is 4.15. The minimum Gasteiger partial charge on any atom is -0.493 e. The number of hydrogen-bond donors (Lipinski definition) is 1. The summed E-state index contributed by atoms with van der Waals surface area (Å²) in [6.45, 7) is 1.98. The van der Waals surface area contributed by atoms with Gasteiger partial charge in [0.15, 0.2) is 11.5 Å². The van der Waals surface area contributed by atoms with Gasteiger partial charge in [0.05, 0.1) is 20.8 Å². The zero-order chi connectivity index (χ0) is 15.0. The van der Waals surface area contributed by atoms with E-state index < -0.39 is 12.0 Å². The fourth-order valence-electron chi connectivity index (χ4n) is 1.78. The summed E-state index contributed by atoms with van der Waals surface area (Å²) in [4.78, 5) is 22.3. The third-order valence-electron chi connectivity index (χ3n) is 2.73. The molecule has 0 unspecified atom stereocenters. The number of benzene rings is 1. The zero-order valence-corrected chi connectivity index (χ0v) is 11.8. The zero-order valence-electron chi connectivity index (χ0n) is 11.8. The molecule has 0 bridgehead atoms. The number of ether oxygens (including phenoxy) is 3. The number of carbonyl (C=O) groups is 2. The van der Waals surface area contributed by atoms with Crippen LogP contribution in [0.2, 0.25) is 0 Å². The van der Waals surface area contributed by atoms with Crippen molar-refractivity contribution in [1.29, 1.82) is 0 Å². The van der Waals surface area contributed by atoms with Crippen molar-refractivity contribution in [2.45, 2.75) is 19.4 Å². The Hall–Kier alpha value is -2.24. The van der Waals surface area contributed by atoms with Gasteiger partial charge in [0.1, 0.15) is 6.04 Å². The minimum absolute atomic E-state index is 0.266.